The van der Waals surface area contributed by atoms with Crippen molar-refractivity contribution in [2.75, 3.05) is 46.8 Å². The van der Waals surface area contributed by atoms with Crippen molar-refractivity contribution in [3.05, 3.63) is 226 Å². The maximum Gasteiger partial charge on any atom is 0.420 e. The minimum absolute atomic E-state index is 0.0307. The quantitative estimate of drug-likeness (QED) is 0.0477. The van der Waals surface area contributed by atoms with E-state index in [4.69, 9.17) is 110 Å². The van der Waals surface area contributed by atoms with Crippen molar-refractivity contribution in [3.8, 4) is 18.1 Å². The second kappa shape index (κ2) is 42.5. The number of alkyl halides is 18. The molecule has 0 radical (unpaired) electrons. The predicted octanol–water partition coefficient (Wildman–Crippen LogP) is 32.8. The number of hydrogen-bond acceptors (Lipinski definition) is 8. The molecule has 0 aliphatic carbocycles. The fourth-order valence-electron chi connectivity index (χ4n) is 10.7. The Kier molecular flexibility index (Phi) is 39.3. The summed E-state index contributed by atoms with van der Waals surface area (Å²) >= 11 is 38.3. The van der Waals surface area contributed by atoms with Gasteiger partial charge in [-0.15, -0.1) is 6.42 Å². The highest BCUT2D eigenvalue weighted by Crippen LogP contribution is 2.49. The molecule has 14 N–H and O–H groups in total. The zero-order chi connectivity index (χ0) is 98.9. The van der Waals surface area contributed by atoms with E-state index in [-0.39, 0.29) is 63.6 Å². The molecule has 125 heavy (non-hydrogen) atoms. The first kappa shape index (κ1) is 116. The second-order valence-corrected chi connectivity index (χ2v) is 40.7. The molecule has 8 rings (SSSR count). The molecule has 0 saturated carbocycles. The molecule has 0 amide bonds. The van der Waals surface area contributed by atoms with Gasteiger partial charge in [-0.2, -0.15) is 79.0 Å². The van der Waals surface area contributed by atoms with Crippen LogP contribution in [0.1, 0.15) is 268 Å². The smallest absolute Gasteiger partial charge is 0.420 e. The van der Waals surface area contributed by atoms with Crippen molar-refractivity contribution in [3.63, 3.8) is 0 Å². The largest absolute Gasteiger partial charge is 0.506 e. The summed E-state index contributed by atoms with van der Waals surface area (Å²) in [5.41, 5.74) is 32.9. The van der Waals surface area contributed by atoms with Gasteiger partial charge >= 0.3 is 37.1 Å². The van der Waals surface area contributed by atoms with Crippen molar-refractivity contribution in [2.24, 2.45) is 0 Å². The van der Waals surface area contributed by atoms with Gasteiger partial charge in [0.2, 0.25) is 0 Å². The molecule has 8 aromatic rings. The summed E-state index contributed by atoms with van der Waals surface area (Å²) in [7, 11) is 1.42. The number of nitrogens with one attached hydrogen (secondary N) is 1. The summed E-state index contributed by atoms with van der Waals surface area (Å²) in [6.45, 7) is 49.8. The van der Waals surface area contributed by atoms with Crippen molar-refractivity contribution >= 4 is 125 Å². The first-order valence-electron chi connectivity index (χ1n) is 38.3. The maximum atomic E-state index is 12.9. The molecule has 8 aromatic carbocycles. The summed E-state index contributed by atoms with van der Waals surface area (Å²) in [6, 6.07) is 23.6. The van der Waals surface area contributed by atoms with Crippen LogP contribution in [0.5, 0.6) is 5.75 Å². The van der Waals surface area contributed by atoms with Gasteiger partial charge in [-0.25, -0.2) is 0 Å². The van der Waals surface area contributed by atoms with Crippen LogP contribution in [-0.4, -0.2) is 12.2 Å². The third-order valence-corrected chi connectivity index (χ3v) is 21.3. The van der Waals surface area contributed by atoms with Crippen molar-refractivity contribution in [1.29, 1.82) is 0 Å². The van der Waals surface area contributed by atoms with E-state index >= 15 is 0 Å². The van der Waals surface area contributed by atoms with E-state index in [1.807, 2.05) is 93.5 Å². The Morgan fingerprint density at radius 1 is 0.312 bits per heavy atom. The molecular formula is C92H114BrCl6F18N7O. The number of phenolic OH excluding ortho intramolecular Hbond substituents is 1. The first-order valence-corrected chi connectivity index (χ1v) is 41.3. The number of rotatable bonds is 2. The number of hydrogen-bond donors (Lipinski definition) is 8. The number of nitrogen functional groups attached to an aromatic ring is 6. The van der Waals surface area contributed by atoms with E-state index in [2.05, 4.69) is 109 Å². The van der Waals surface area contributed by atoms with Crippen LogP contribution in [-0.2, 0) is 86.8 Å². The van der Waals surface area contributed by atoms with Gasteiger partial charge in [-0.05, 0) is 213 Å². The van der Waals surface area contributed by atoms with E-state index < -0.39 is 104 Å². The van der Waals surface area contributed by atoms with Gasteiger partial charge in [0.15, 0.2) is 0 Å². The normalized spacial score (nSPS) is 12.6. The first-order chi connectivity index (χ1) is 55.4. The van der Waals surface area contributed by atoms with Crippen LogP contribution in [0.15, 0.2) is 102 Å². The van der Waals surface area contributed by atoms with Gasteiger partial charge in [-0.1, -0.05) is 261 Å². The highest BCUT2D eigenvalue weighted by atomic mass is 79.9. The molecule has 0 bridgehead atoms. The third-order valence-electron chi connectivity index (χ3n) is 18.8. The van der Waals surface area contributed by atoms with Crippen molar-refractivity contribution in [2.45, 2.75) is 267 Å². The van der Waals surface area contributed by atoms with Crippen LogP contribution in [0, 0.1) is 19.3 Å². The lowest BCUT2D eigenvalue weighted by Crippen LogP contribution is -2.20. The lowest BCUT2D eigenvalue weighted by Gasteiger charge is -2.24. The minimum atomic E-state index is -4.93. The second-order valence-electron chi connectivity index (χ2n) is 37.4. The van der Waals surface area contributed by atoms with Gasteiger partial charge < -0.3 is 44.8 Å². The lowest BCUT2D eigenvalue weighted by atomic mass is 9.84. The van der Waals surface area contributed by atoms with Gasteiger partial charge in [0.25, 0.3) is 0 Å². The molecule has 0 spiro atoms. The lowest BCUT2D eigenvalue weighted by molar-refractivity contribution is -0.142. The van der Waals surface area contributed by atoms with E-state index in [0.29, 0.717) is 66.4 Å². The van der Waals surface area contributed by atoms with E-state index in [0.717, 1.165) is 53.1 Å². The van der Waals surface area contributed by atoms with Crippen LogP contribution in [0.4, 0.5) is 119 Å². The Bertz CT molecular complexity index is 4820. The van der Waals surface area contributed by atoms with Crippen LogP contribution in [0.2, 0.25) is 30.1 Å². The Balaban J connectivity index is 0.000000716. The number of anilines is 7. The van der Waals surface area contributed by atoms with Gasteiger partial charge in [0, 0.05) is 17.1 Å². The summed E-state index contributed by atoms with van der Waals surface area (Å²) < 4.78 is 229. The molecule has 698 valence electrons. The summed E-state index contributed by atoms with van der Waals surface area (Å²) in [6.07, 6.45) is -21.5. The Hall–Kier alpha value is -7.32. The minimum Gasteiger partial charge on any atom is -0.506 e. The molecule has 0 saturated heterocycles. The molecule has 33 heteroatoms. The fourth-order valence-corrected chi connectivity index (χ4v) is 12.6. The average Bonchev–Trinajstić information content (AvgIpc) is 0.779. The van der Waals surface area contributed by atoms with E-state index in [9.17, 15) is 84.1 Å². The van der Waals surface area contributed by atoms with Gasteiger partial charge in [0.05, 0.1) is 103 Å². The topological polar surface area (TPSA) is 188 Å². The highest BCUT2D eigenvalue weighted by Gasteiger charge is 2.43. The average molecular weight is 1970 g/mol. The number of terminal acetylenes is 1. The van der Waals surface area contributed by atoms with Crippen LogP contribution < -0.4 is 39.7 Å². The number of nitrogens with two attached hydrogens (primary N) is 6. The standard InChI is InChI=1S/C12H15ClF3N.C12H18ClN.C12H14ClN.C12H13F6N.C11H13BrF3N.C11H13ClF3N.C11H12ClF3O.C11H16ClN/c1-11(2,3)7-5-8(12(14,15)16)10(17-4)9(13)6-7;2*1-5-8-6-9(12(2,3)4)7-10(13)11(8)14;1-10(2,3)6-4-7(11(13,14)15)9(19)8(5-6)12(16,17)18;3*1-10(2,3)6-4-7(11(13,14)15)9(16)8(12)5-6;1-7-5-8(11(2,3)4)6-9(12)10(7)13/h5-6,17H,1-4H3;6-7H,5,14H2,1-4H3;1,6-7H,14H2,2-4H3;4-5H,19H2,1-3H3;2*4-5H,16H2,1-3H3;4-5,16H,1-3H3;5-6H,13H2,1-4H3. The molecule has 0 heterocycles. The number of benzene rings is 8. The zero-order valence-electron chi connectivity index (χ0n) is 74.9. The van der Waals surface area contributed by atoms with Gasteiger partial charge in [-0.3, -0.25) is 0 Å². The number of aryl methyl sites for hydroxylation is 2. The maximum absolute atomic E-state index is 12.9. The Labute approximate surface area is 762 Å². The Morgan fingerprint density at radius 2 is 0.552 bits per heavy atom. The molecule has 0 aliphatic rings. The number of halogens is 25. The monoisotopic (exact) mass is 1960 g/mol. The van der Waals surface area contributed by atoms with E-state index in [1.54, 1.807) is 32.9 Å². The Morgan fingerprint density at radius 3 is 0.856 bits per heavy atom. The predicted molar refractivity (Wildman–Crippen MR) is 489 cm³/mol. The summed E-state index contributed by atoms with van der Waals surface area (Å²) in [5.74, 6) is 1.62. The van der Waals surface area contributed by atoms with Crippen LogP contribution in [0.3, 0.4) is 0 Å². The third kappa shape index (κ3) is 34.6. The summed E-state index contributed by atoms with van der Waals surface area (Å²) in [5, 5.41) is 13.4. The van der Waals surface area contributed by atoms with Crippen LogP contribution in [0.25, 0.3) is 0 Å². The van der Waals surface area contributed by atoms with Crippen molar-refractivity contribution in [1.82, 2.24) is 0 Å². The molecule has 0 atom stereocenters. The summed E-state index contributed by atoms with van der Waals surface area (Å²) in [4.78, 5) is 0. The molecule has 0 aliphatic heterocycles. The number of aromatic hydroxyl groups is 1. The molecule has 8 nitrogen and oxygen atoms in total. The fraction of sp³-hybridized carbons (Fsp3) is 0.457. The molecule has 0 unspecified atom stereocenters. The zero-order valence-corrected chi connectivity index (χ0v) is 81.0. The van der Waals surface area contributed by atoms with Crippen LogP contribution >= 0.6 is 85.5 Å². The molecular weight excluding hydrogens is 1850 g/mol. The van der Waals surface area contributed by atoms with Gasteiger partial charge in [0.1, 0.15) is 5.75 Å². The molecule has 0 fully saturated rings. The highest BCUT2D eigenvalue weighted by molar-refractivity contribution is 9.10. The van der Waals surface area contributed by atoms with E-state index in [1.165, 1.54) is 51.1 Å². The SMILES string of the molecule is C#Cc1cc(C(C)(C)C)cc(Cl)c1N.CC(C)(C)c1cc(Br)c(N)c(C(F)(F)F)c1.CC(C)(C)c1cc(C(F)(F)F)c(N)c(C(F)(F)F)c1.CC(C)(C)c1cc(Cl)c(N)c(C(F)(F)F)c1.CC(C)(C)c1cc(Cl)c(O)c(C(F)(F)F)c1.CCc1cc(C(C)(C)C)cc(Cl)c1N.CNc1c(Cl)cc(C(C)(C)C)cc1C(F)(F)F.Cc1cc(C(C)(C)C)cc(Cl)c1N. The van der Waals surface area contributed by atoms with Crippen molar-refractivity contribution < 1.29 is 84.1 Å². The number of phenols is 1. The molecule has 0 aromatic heterocycles.